The minimum atomic E-state index is 0.703. The van der Waals surface area contributed by atoms with Gasteiger partial charge in [-0.3, -0.25) is 0 Å². The predicted octanol–water partition coefficient (Wildman–Crippen LogP) is 1.84. The lowest BCUT2D eigenvalue weighted by Gasteiger charge is -2.20. The van der Waals surface area contributed by atoms with Crippen molar-refractivity contribution in [1.82, 2.24) is 14.8 Å². The Labute approximate surface area is 105 Å². The predicted molar refractivity (Wildman–Crippen MR) is 71.9 cm³/mol. The molecule has 1 aromatic rings. The molecule has 1 N–H and O–H groups in total. The largest absolute Gasteiger partial charge is 0.357 e. The molecule has 2 rings (SSSR count). The smallest absolute Gasteiger partial charge is 0.0220 e. The number of hydrogen-bond donors (Lipinski definition) is 1. The molecule has 3 nitrogen and oxygen atoms in total. The first-order valence-corrected chi connectivity index (χ1v) is 6.71. The monoisotopic (exact) mass is 235 g/mol. The molecule has 96 valence electrons. The van der Waals surface area contributed by atoms with E-state index in [0.29, 0.717) is 6.04 Å². The van der Waals surface area contributed by atoms with Crippen LogP contribution >= 0.6 is 0 Å². The van der Waals surface area contributed by atoms with Crippen molar-refractivity contribution in [1.29, 1.82) is 0 Å². The van der Waals surface area contributed by atoms with E-state index in [4.69, 9.17) is 0 Å². The molecular weight excluding hydrogens is 210 g/mol. The third-order valence-corrected chi connectivity index (χ3v) is 3.70. The zero-order valence-corrected chi connectivity index (χ0v) is 11.3. The first kappa shape index (κ1) is 12.7. The van der Waals surface area contributed by atoms with Gasteiger partial charge in [-0.25, -0.2) is 0 Å². The summed E-state index contributed by atoms with van der Waals surface area (Å²) in [6.45, 7) is 9.27. The third-order valence-electron chi connectivity index (χ3n) is 3.70. The summed E-state index contributed by atoms with van der Waals surface area (Å²) in [7, 11) is 2.07. The van der Waals surface area contributed by atoms with Gasteiger partial charge < -0.3 is 14.8 Å². The number of hydrogen-bond acceptors (Lipinski definition) is 2. The highest BCUT2D eigenvalue weighted by atomic mass is 15.2. The molecule has 1 fully saturated rings. The van der Waals surface area contributed by atoms with Gasteiger partial charge in [-0.05, 0) is 50.9 Å². The maximum atomic E-state index is 3.58. The maximum absolute atomic E-state index is 3.58. The molecule has 1 atom stereocenters. The van der Waals surface area contributed by atoms with Crippen LogP contribution in [0.3, 0.4) is 0 Å². The Morgan fingerprint density at radius 3 is 2.88 bits per heavy atom. The topological polar surface area (TPSA) is 20.2 Å². The molecule has 1 aliphatic rings. The van der Waals surface area contributed by atoms with Crippen molar-refractivity contribution >= 4 is 0 Å². The van der Waals surface area contributed by atoms with E-state index in [1.807, 2.05) is 0 Å². The van der Waals surface area contributed by atoms with Crippen LogP contribution in [0.2, 0.25) is 0 Å². The Bertz CT molecular complexity index is 343. The van der Waals surface area contributed by atoms with Gasteiger partial charge in [-0.15, -0.1) is 0 Å². The Morgan fingerprint density at radius 1 is 1.47 bits per heavy atom. The van der Waals surface area contributed by atoms with Crippen molar-refractivity contribution in [2.24, 2.45) is 13.0 Å². The van der Waals surface area contributed by atoms with Crippen LogP contribution in [0.15, 0.2) is 18.5 Å². The van der Waals surface area contributed by atoms with E-state index in [-0.39, 0.29) is 0 Å². The molecule has 0 aliphatic carbocycles. The lowest BCUT2D eigenvalue weighted by molar-refractivity contribution is 0.264. The summed E-state index contributed by atoms with van der Waals surface area (Å²) in [5.41, 5.74) is 1.38. The van der Waals surface area contributed by atoms with Crippen LogP contribution in [-0.4, -0.2) is 35.1 Å². The number of nitrogens with zero attached hydrogens (tertiary/aromatic N) is 2. The molecule has 17 heavy (non-hydrogen) atoms. The fourth-order valence-corrected chi connectivity index (χ4v) is 2.58. The van der Waals surface area contributed by atoms with Crippen LogP contribution in [0.25, 0.3) is 0 Å². The average Bonchev–Trinajstić information content (AvgIpc) is 2.88. The number of likely N-dealkylation sites (tertiary alicyclic amines) is 1. The van der Waals surface area contributed by atoms with Gasteiger partial charge in [0.05, 0.1) is 0 Å². The van der Waals surface area contributed by atoms with Crippen molar-refractivity contribution < 1.29 is 0 Å². The molecule has 0 bridgehead atoms. The van der Waals surface area contributed by atoms with E-state index in [1.54, 1.807) is 0 Å². The molecule has 1 aromatic heterocycles. The minimum absolute atomic E-state index is 0.703. The van der Waals surface area contributed by atoms with Crippen molar-refractivity contribution in [3.8, 4) is 0 Å². The molecule has 1 saturated heterocycles. The average molecular weight is 235 g/mol. The quantitative estimate of drug-likeness (QED) is 0.840. The lowest BCUT2D eigenvalue weighted by atomic mass is 10.1. The van der Waals surface area contributed by atoms with Crippen LogP contribution in [0.5, 0.6) is 0 Å². The highest BCUT2D eigenvalue weighted by Gasteiger charge is 2.23. The van der Waals surface area contributed by atoms with E-state index < -0.39 is 0 Å². The molecule has 0 amide bonds. The van der Waals surface area contributed by atoms with Crippen LogP contribution in [-0.2, 0) is 13.6 Å². The standard InChI is InChI=1S/C14H25N3/c1-12(2)17-7-5-14(11-17)9-15-8-13-4-6-16(3)10-13/h4,6,10,12,14-15H,5,7-9,11H2,1-3H3. The second kappa shape index (κ2) is 5.69. The SMILES string of the molecule is CC(C)N1CCC(CNCc2ccn(C)c2)C1. The van der Waals surface area contributed by atoms with Crippen molar-refractivity contribution in [3.05, 3.63) is 24.0 Å². The van der Waals surface area contributed by atoms with E-state index in [9.17, 15) is 0 Å². The Kier molecular flexibility index (Phi) is 4.24. The normalized spacial score (nSPS) is 21.5. The maximum Gasteiger partial charge on any atom is 0.0220 e. The number of aromatic nitrogens is 1. The zero-order valence-electron chi connectivity index (χ0n) is 11.3. The third kappa shape index (κ3) is 3.58. The summed E-state index contributed by atoms with van der Waals surface area (Å²) in [6, 6.07) is 2.89. The lowest BCUT2D eigenvalue weighted by Crippen LogP contribution is -2.30. The van der Waals surface area contributed by atoms with E-state index in [0.717, 1.165) is 19.0 Å². The molecule has 1 aliphatic heterocycles. The number of aryl methyl sites for hydroxylation is 1. The minimum Gasteiger partial charge on any atom is -0.357 e. The number of rotatable bonds is 5. The van der Waals surface area contributed by atoms with Crippen LogP contribution in [0.4, 0.5) is 0 Å². The highest BCUT2D eigenvalue weighted by molar-refractivity contribution is 5.09. The molecule has 0 aromatic carbocycles. The molecule has 0 spiro atoms. The molecule has 0 saturated carbocycles. The van der Waals surface area contributed by atoms with Gasteiger partial charge in [-0.1, -0.05) is 0 Å². The van der Waals surface area contributed by atoms with Crippen molar-refractivity contribution in [2.75, 3.05) is 19.6 Å². The summed E-state index contributed by atoms with van der Waals surface area (Å²) in [6.07, 6.45) is 5.63. The van der Waals surface area contributed by atoms with Crippen LogP contribution < -0.4 is 5.32 Å². The van der Waals surface area contributed by atoms with Gasteiger partial charge in [0, 0.05) is 38.6 Å². The molecule has 1 unspecified atom stereocenters. The molecular formula is C14H25N3. The second-order valence-electron chi connectivity index (χ2n) is 5.56. The van der Waals surface area contributed by atoms with E-state index in [1.165, 1.54) is 25.1 Å². The Hall–Kier alpha value is -0.800. The van der Waals surface area contributed by atoms with Gasteiger partial charge in [0.25, 0.3) is 0 Å². The molecule has 2 heterocycles. The summed E-state index contributed by atoms with van der Waals surface area (Å²) in [5.74, 6) is 0.834. The fraction of sp³-hybridized carbons (Fsp3) is 0.714. The highest BCUT2D eigenvalue weighted by Crippen LogP contribution is 2.17. The van der Waals surface area contributed by atoms with Gasteiger partial charge >= 0.3 is 0 Å². The van der Waals surface area contributed by atoms with Gasteiger partial charge in [-0.2, -0.15) is 0 Å². The van der Waals surface area contributed by atoms with Crippen molar-refractivity contribution in [2.45, 2.75) is 32.9 Å². The zero-order chi connectivity index (χ0) is 12.3. The first-order valence-electron chi connectivity index (χ1n) is 6.71. The molecule has 3 heteroatoms. The summed E-state index contributed by atoms with van der Waals surface area (Å²) in [5, 5.41) is 3.58. The van der Waals surface area contributed by atoms with Crippen molar-refractivity contribution in [3.63, 3.8) is 0 Å². The van der Waals surface area contributed by atoms with E-state index in [2.05, 4.69) is 54.1 Å². The summed E-state index contributed by atoms with van der Waals surface area (Å²) >= 11 is 0. The van der Waals surface area contributed by atoms with E-state index >= 15 is 0 Å². The van der Waals surface area contributed by atoms with Crippen LogP contribution in [0.1, 0.15) is 25.8 Å². The summed E-state index contributed by atoms with van der Waals surface area (Å²) in [4.78, 5) is 2.58. The first-order chi connectivity index (χ1) is 8.15. The summed E-state index contributed by atoms with van der Waals surface area (Å²) < 4.78 is 2.10. The fourth-order valence-electron chi connectivity index (χ4n) is 2.58. The molecule has 0 radical (unpaired) electrons. The van der Waals surface area contributed by atoms with Gasteiger partial charge in [0.2, 0.25) is 0 Å². The Balaban J connectivity index is 1.66. The number of nitrogens with one attached hydrogen (secondary N) is 1. The van der Waals surface area contributed by atoms with Gasteiger partial charge in [0.15, 0.2) is 0 Å². The second-order valence-corrected chi connectivity index (χ2v) is 5.56. The Morgan fingerprint density at radius 2 is 2.29 bits per heavy atom. The van der Waals surface area contributed by atoms with Gasteiger partial charge in [0.1, 0.15) is 0 Å². The van der Waals surface area contributed by atoms with Crippen LogP contribution in [0, 0.1) is 5.92 Å².